The number of hydrazone groups is 1. The van der Waals surface area contributed by atoms with Gasteiger partial charge in [-0.3, -0.25) is 4.79 Å². The number of nitrogens with zero attached hydrogens (tertiary/aromatic N) is 1. The van der Waals surface area contributed by atoms with Crippen LogP contribution in [0, 0.1) is 0 Å². The van der Waals surface area contributed by atoms with E-state index < -0.39 is 0 Å². The Bertz CT molecular complexity index is 743. The van der Waals surface area contributed by atoms with E-state index in [0.29, 0.717) is 17.4 Å². The van der Waals surface area contributed by atoms with Gasteiger partial charge in [-0.05, 0) is 41.8 Å². The van der Waals surface area contributed by atoms with Crippen molar-refractivity contribution in [3.63, 3.8) is 0 Å². The molecule has 0 aliphatic heterocycles. The van der Waals surface area contributed by atoms with E-state index in [2.05, 4.69) is 40.3 Å². The predicted molar refractivity (Wildman–Crippen MR) is 102 cm³/mol. The maximum Gasteiger partial charge on any atom is 0.277 e. The lowest BCUT2D eigenvalue weighted by atomic mass is 10.0. The lowest BCUT2D eigenvalue weighted by molar-refractivity contribution is -0.123. The summed E-state index contributed by atoms with van der Waals surface area (Å²) in [6.45, 7) is 4.15. The standard InChI is InChI=1S/C19H21BrN2O3/c1-13(2)14-4-7-17(8-5-14)25-12-19(23)22-21-11-15-10-16(20)6-9-18(15)24-3/h4-11,13H,12H2,1-3H3,(H,22,23). The minimum absolute atomic E-state index is 0.103. The van der Waals surface area contributed by atoms with Gasteiger partial charge in [-0.25, -0.2) is 5.43 Å². The Kier molecular flexibility index (Phi) is 7.01. The number of rotatable bonds is 7. The molecule has 25 heavy (non-hydrogen) atoms. The van der Waals surface area contributed by atoms with Gasteiger partial charge in [0.15, 0.2) is 6.61 Å². The molecule has 0 aromatic heterocycles. The molecule has 0 unspecified atom stereocenters. The van der Waals surface area contributed by atoms with E-state index in [1.54, 1.807) is 7.11 Å². The Morgan fingerprint density at radius 3 is 2.60 bits per heavy atom. The van der Waals surface area contributed by atoms with E-state index in [1.807, 2.05) is 42.5 Å². The molecule has 0 aliphatic carbocycles. The summed E-state index contributed by atoms with van der Waals surface area (Å²) >= 11 is 3.39. The molecule has 0 bridgehead atoms. The summed E-state index contributed by atoms with van der Waals surface area (Å²) in [7, 11) is 1.58. The van der Waals surface area contributed by atoms with Crippen molar-refractivity contribution in [2.24, 2.45) is 5.10 Å². The summed E-state index contributed by atoms with van der Waals surface area (Å²) in [5, 5.41) is 3.94. The van der Waals surface area contributed by atoms with Gasteiger partial charge in [-0.1, -0.05) is 41.9 Å². The van der Waals surface area contributed by atoms with Gasteiger partial charge in [0, 0.05) is 10.0 Å². The van der Waals surface area contributed by atoms with Gasteiger partial charge >= 0.3 is 0 Å². The smallest absolute Gasteiger partial charge is 0.277 e. The first-order chi connectivity index (χ1) is 12.0. The first-order valence-corrected chi connectivity index (χ1v) is 8.67. The van der Waals surface area contributed by atoms with Crippen molar-refractivity contribution in [3.8, 4) is 11.5 Å². The topological polar surface area (TPSA) is 59.9 Å². The Balaban J connectivity index is 1.85. The number of methoxy groups -OCH3 is 1. The van der Waals surface area contributed by atoms with Crippen molar-refractivity contribution in [2.75, 3.05) is 13.7 Å². The molecule has 0 fully saturated rings. The molecule has 2 rings (SSSR count). The van der Waals surface area contributed by atoms with E-state index in [4.69, 9.17) is 9.47 Å². The number of hydrogen-bond acceptors (Lipinski definition) is 4. The van der Waals surface area contributed by atoms with Crippen molar-refractivity contribution in [1.29, 1.82) is 0 Å². The Morgan fingerprint density at radius 2 is 1.96 bits per heavy atom. The van der Waals surface area contributed by atoms with Crippen molar-refractivity contribution < 1.29 is 14.3 Å². The van der Waals surface area contributed by atoms with Crippen LogP contribution in [-0.4, -0.2) is 25.8 Å². The van der Waals surface area contributed by atoms with E-state index in [-0.39, 0.29) is 12.5 Å². The highest BCUT2D eigenvalue weighted by atomic mass is 79.9. The minimum Gasteiger partial charge on any atom is -0.496 e. The molecule has 0 spiro atoms. The van der Waals surface area contributed by atoms with Crippen LogP contribution in [0.5, 0.6) is 11.5 Å². The van der Waals surface area contributed by atoms with Crippen LogP contribution in [-0.2, 0) is 4.79 Å². The second-order valence-corrected chi connectivity index (χ2v) is 6.61. The zero-order valence-corrected chi connectivity index (χ0v) is 16.0. The molecule has 2 aromatic rings. The van der Waals surface area contributed by atoms with Crippen LogP contribution < -0.4 is 14.9 Å². The second kappa shape index (κ2) is 9.22. The zero-order valence-electron chi connectivity index (χ0n) is 14.5. The van der Waals surface area contributed by atoms with Crippen molar-refractivity contribution in [1.82, 2.24) is 5.43 Å². The quantitative estimate of drug-likeness (QED) is 0.557. The van der Waals surface area contributed by atoms with Crippen LogP contribution in [0.1, 0.15) is 30.9 Å². The molecule has 0 atom stereocenters. The van der Waals surface area contributed by atoms with Crippen LogP contribution in [0.25, 0.3) is 0 Å². The van der Waals surface area contributed by atoms with Crippen molar-refractivity contribution in [3.05, 3.63) is 58.1 Å². The third-order valence-electron chi connectivity index (χ3n) is 3.50. The number of carbonyl (C=O) groups excluding carboxylic acids is 1. The summed E-state index contributed by atoms with van der Waals surface area (Å²) in [6, 6.07) is 13.2. The monoisotopic (exact) mass is 404 g/mol. The Hall–Kier alpha value is -2.34. The average molecular weight is 405 g/mol. The Morgan fingerprint density at radius 1 is 1.24 bits per heavy atom. The van der Waals surface area contributed by atoms with Gasteiger partial charge in [-0.2, -0.15) is 5.10 Å². The normalized spacial score (nSPS) is 10.9. The molecule has 0 heterocycles. The fourth-order valence-corrected chi connectivity index (χ4v) is 2.49. The molecule has 6 heteroatoms. The number of carbonyl (C=O) groups is 1. The van der Waals surface area contributed by atoms with Crippen LogP contribution >= 0.6 is 15.9 Å². The third kappa shape index (κ3) is 5.90. The molecule has 1 N–H and O–H groups in total. The molecular formula is C19H21BrN2O3. The van der Waals surface area contributed by atoms with Crippen LogP contribution in [0.4, 0.5) is 0 Å². The predicted octanol–water partition coefficient (Wildman–Crippen LogP) is 4.11. The zero-order chi connectivity index (χ0) is 18.2. The summed E-state index contributed by atoms with van der Waals surface area (Å²) < 4.78 is 11.6. The highest BCUT2D eigenvalue weighted by Gasteiger charge is 2.04. The van der Waals surface area contributed by atoms with Crippen LogP contribution in [0.15, 0.2) is 52.0 Å². The van der Waals surface area contributed by atoms with Crippen molar-refractivity contribution in [2.45, 2.75) is 19.8 Å². The average Bonchev–Trinajstić information content (AvgIpc) is 2.60. The van der Waals surface area contributed by atoms with Gasteiger partial charge in [0.25, 0.3) is 5.91 Å². The molecule has 1 amide bonds. The fourth-order valence-electron chi connectivity index (χ4n) is 2.11. The number of ether oxygens (including phenoxy) is 2. The number of benzene rings is 2. The van der Waals surface area contributed by atoms with Gasteiger partial charge in [0.05, 0.1) is 13.3 Å². The summed E-state index contributed by atoms with van der Waals surface area (Å²) in [5.41, 5.74) is 4.41. The second-order valence-electron chi connectivity index (χ2n) is 5.69. The highest BCUT2D eigenvalue weighted by molar-refractivity contribution is 9.10. The maximum atomic E-state index is 11.8. The first kappa shape index (κ1) is 19.0. The molecule has 2 aromatic carbocycles. The molecule has 132 valence electrons. The summed E-state index contributed by atoms with van der Waals surface area (Å²) in [5.74, 6) is 1.44. The SMILES string of the molecule is COc1ccc(Br)cc1C=NNC(=O)COc1ccc(C(C)C)cc1. The molecular weight excluding hydrogens is 384 g/mol. The fraction of sp³-hybridized carbons (Fsp3) is 0.263. The molecule has 0 radical (unpaired) electrons. The number of hydrogen-bond donors (Lipinski definition) is 1. The lowest BCUT2D eigenvalue weighted by Crippen LogP contribution is -2.24. The summed E-state index contributed by atoms with van der Waals surface area (Å²) in [4.78, 5) is 11.8. The minimum atomic E-state index is -0.335. The number of halogens is 1. The molecule has 5 nitrogen and oxygen atoms in total. The van der Waals surface area contributed by atoms with Gasteiger partial charge in [0.1, 0.15) is 11.5 Å². The number of nitrogens with one attached hydrogen (secondary N) is 1. The lowest BCUT2D eigenvalue weighted by Gasteiger charge is -2.08. The maximum absolute atomic E-state index is 11.8. The van der Waals surface area contributed by atoms with Gasteiger partial charge < -0.3 is 9.47 Å². The van der Waals surface area contributed by atoms with Gasteiger partial charge in [-0.15, -0.1) is 0 Å². The summed E-state index contributed by atoms with van der Waals surface area (Å²) in [6.07, 6.45) is 1.53. The van der Waals surface area contributed by atoms with Crippen LogP contribution in [0.3, 0.4) is 0 Å². The largest absolute Gasteiger partial charge is 0.496 e. The molecule has 0 aliphatic rings. The first-order valence-electron chi connectivity index (χ1n) is 7.88. The Labute approximate surface area is 156 Å². The third-order valence-corrected chi connectivity index (χ3v) is 3.99. The van der Waals surface area contributed by atoms with E-state index in [1.165, 1.54) is 11.8 Å². The van der Waals surface area contributed by atoms with Gasteiger partial charge in [0.2, 0.25) is 0 Å². The number of amides is 1. The molecule has 0 saturated carbocycles. The molecule has 0 saturated heterocycles. The van der Waals surface area contributed by atoms with E-state index in [0.717, 1.165) is 10.0 Å². The van der Waals surface area contributed by atoms with Crippen LogP contribution in [0.2, 0.25) is 0 Å². The van der Waals surface area contributed by atoms with E-state index in [9.17, 15) is 4.79 Å². The van der Waals surface area contributed by atoms with Crippen molar-refractivity contribution >= 4 is 28.1 Å². The highest BCUT2D eigenvalue weighted by Crippen LogP contribution is 2.21. The van der Waals surface area contributed by atoms with E-state index >= 15 is 0 Å².